The molecule has 0 spiro atoms. The van der Waals surface area contributed by atoms with Crippen molar-refractivity contribution in [1.29, 1.82) is 0 Å². The van der Waals surface area contributed by atoms with E-state index in [0.717, 1.165) is 22.3 Å². The van der Waals surface area contributed by atoms with E-state index in [0.29, 0.717) is 40.2 Å². The van der Waals surface area contributed by atoms with Crippen LogP contribution in [0, 0.1) is 6.92 Å². The van der Waals surface area contributed by atoms with Gasteiger partial charge in [0, 0.05) is 11.6 Å². The fraction of sp³-hybridized carbons (Fsp3) is 0.182. The predicted molar refractivity (Wildman–Crippen MR) is 160 cm³/mol. The standard InChI is InChI=1S/C33H30N2O4S/c1-22(2)38-32(37)26-14-16-28(23(3)18-26)29-17-15-27(39-29)19-30-31(36)35(21-25-12-8-5-9-13-25)33(40-30)34-20-24-10-6-4-7-11-24/h4-19,22H,20-21H2,1-3H3/b30-19+,34-33?. The van der Waals surface area contributed by atoms with E-state index >= 15 is 0 Å². The highest BCUT2D eigenvalue weighted by atomic mass is 32.2. The van der Waals surface area contributed by atoms with E-state index in [-0.39, 0.29) is 18.0 Å². The van der Waals surface area contributed by atoms with Gasteiger partial charge in [0.1, 0.15) is 11.5 Å². The number of aliphatic imine (C=N–C) groups is 1. The number of amides is 1. The SMILES string of the molecule is Cc1cc(C(=O)OC(C)C)ccc1-c1ccc(/C=C2/SC(=NCc3ccccc3)N(Cc3ccccc3)C2=O)o1. The van der Waals surface area contributed by atoms with E-state index < -0.39 is 0 Å². The van der Waals surface area contributed by atoms with Gasteiger partial charge in [-0.05, 0) is 73.5 Å². The fourth-order valence-electron chi connectivity index (χ4n) is 4.33. The zero-order valence-electron chi connectivity index (χ0n) is 22.7. The van der Waals surface area contributed by atoms with Crippen molar-refractivity contribution >= 4 is 34.9 Å². The highest BCUT2D eigenvalue weighted by Gasteiger charge is 2.33. The van der Waals surface area contributed by atoms with Crippen LogP contribution in [0.4, 0.5) is 0 Å². The van der Waals surface area contributed by atoms with Gasteiger partial charge in [-0.25, -0.2) is 4.79 Å². The number of hydrogen-bond acceptors (Lipinski definition) is 6. The summed E-state index contributed by atoms with van der Waals surface area (Å²) in [7, 11) is 0. The largest absolute Gasteiger partial charge is 0.459 e. The molecule has 0 aliphatic carbocycles. The Balaban J connectivity index is 1.38. The van der Waals surface area contributed by atoms with Gasteiger partial charge in [-0.2, -0.15) is 0 Å². The minimum Gasteiger partial charge on any atom is -0.459 e. The first-order valence-electron chi connectivity index (χ1n) is 13.1. The number of hydrogen-bond donors (Lipinski definition) is 0. The molecular weight excluding hydrogens is 520 g/mol. The van der Waals surface area contributed by atoms with Crippen LogP contribution in [0.15, 0.2) is 105 Å². The summed E-state index contributed by atoms with van der Waals surface area (Å²) in [5.41, 5.74) is 4.36. The van der Waals surface area contributed by atoms with E-state index in [9.17, 15) is 9.59 Å². The molecule has 7 heteroatoms. The fourth-order valence-corrected chi connectivity index (χ4v) is 5.28. The molecule has 6 nitrogen and oxygen atoms in total. The van der Waals surface area contributed by atoms with Gasteiger partial charge in [0.25, 0.3) is 5.91 Å². The molecule has 1 aliphatic rings. The number of carbonyl (C=O) groups is 2. The Hall–Kier alpha value is -4.36. The van der Waals surface area contributed by atoms with Gasteiger partial charge in [0.2, 0.25) is 0 Å². The second-order valence-corrected chi connectivity index (χ2v) is 10.8. The Bertz CT molecular complexity index is 1570. The second kappa shape index (κ2) is 12.2. The monoisotopic (exact) mass is 550 g/mol. The lowest BCUT2D eigenvalue weighted by Crippen LogP contribution is -2.28. The van der Waals surface area contributed by atoms with Crippen LogP contribution in [0.3, 0.4) is 0 Å². The molecule has 1 fully saturated rings. The molecule has 0 saturated carbocycles. The van der Waals surface area contributed by atoms with Gasteiger partial charge in [-0.3, -0.25) is 14.7 Å². The van der Waals surface area contributed by atoms with Gasteiger partial charge in [0.05, 0.1) is 29.7 Å². The van der Waals surface area contributed by atoms with Gasteiger partial charge in [-0.1, -0.05) is 66.7 Å². The quantitative estimate of drug-likeness (QED) is 0.168. The van der Waals surface area contributed by atoms with Crippen LogP contribution in [0.2, 0.25) is 0 Å². The molecule has 0 unspecified atom stereocenters. The summed E-state index contributed by atoms with van der Waals surface area (Å²) in [6.45, 7) is 6.50. The average molecular weight is 551 g/mol. The number of aryl methyl sites for hydroxylation is 1. The molecule has 1 aromatic heterocycles. The molecular formula is C33H30N2O4S. The lowest BCUT2D eigenvalue weighted by Gasteiger charge is -2.15. The Morgan fingerprint density at radius 3 is 2.35 bits per heavy atom. The first-order chi connectivity index (χ1) is 19.4. The van der Waals surface area contributed by atoms with Gasteiger partial charge < -0.3 is 9.15 Å². The van der Waals surface area contributed by atoms with Crippen molar-refractivity contribution in [2.75, 3.05) is 0 Å². The normalized spacial score (nSPS) is 15.4. The summed E-state index contributed by atoms with van der Waals surface area (Å²) in [6, 6.07) is 29.0. The van der Waals surface area contributed by atoms with Crippen molar-refractivity contribution in [3.8, 4) is 11.3 Å². The summed E-state index contributed by atoms with van der Waals surface area (Å²) in [5, 5.41) is 0.662. The molecule has 0 atom stereocenters. The maximum atomic E-state index is 13.5. The van der Waals surface area contributed by atoms with Crippen molar-refractivity contribution in [2.45, 2.75) is 40.0 Å². The number of rotatable bonds is 8. The first kappa shape index (κ1) is 27.2. The first-order valence-corrected chi connectivity index (χ1v) is 13.9. The Morgan fingerprint density at radius 1 is 0.975 bits per heavy atom. The number of nitrogens with zero attached hydrogens (tertiary/aromatic N) is 2. The maximum absolute atomic E-state index is 13.5. The number of furan rings is 1. The lowest BCUT2D eigenvalue weighted by molar-refractivity contribution is -0.122. The lowest BCUT2D eigenvalue weighted by atomic mass is 10.0. The van der Waals surface area contributed by atoms with Gasteiger partial charge in [-0.15, -0.1) is 0 Å². The topological polar surface area (TPSA) is 72.1 Å². The van der Waals surface area contributed by atoms with Crippen LogP contribution in [-0.2, 0) is 22.6 Å². The highest BCUT2D eigenvalue weighted by Crippen LogP contribution is 2.35. The maximum Gasteiger partial charge on any atom is 0.338 e. The van der Waals surface area contributed by atoms with Crippen LogP contribution in [0.25, 0.3) is 17.4 Å². The van der Waals surface area contributed by atoms with E-state index in [2.05, 4.69) is 0 Å². The van der Waals surface area contributed by atoms with E-state index in [1.807, 2.05) is 99.6 Å². The van der Waals surface area contributed by atoms with Crippen molar-refractivity contribution in [1.82, 2.24) is 4.90 Å². The van der Waals surface area contributed by atoms with E-state index in [1.54, 1.807) is 23.1 Å². The Morgan fingerprint density at radius 2 is 1.68 bits per heavy atom. The second-order valence-electron chi connectivity index (χ2n) is 9.76. The van der Waals surface area contributed by atoms with Crippen molar-refractivity contribution in [3.63, 3.8) is 0 Å². The molecule has 0 N–H and O–H groups in total. The number of carbonyl (C=O) groups excluding carboxylic acids is 2. The van der Waals surface area contributed by atoms with Crippen molar-refractivity contribution in [2.24, 2.45) is 4.99 Å². The van der Waals surface area contributed by atoms with Crippen LogP contribution >= 0.6 is 11.8 Å². The minimum atomic E-state index is -0.351. The molecule has 5 rings (SSSR count). The number of esters is 1. The molecule has 40 heavy (non-hydrogen) atoms. The minimum absolute atomic E-state index is 0.109. The zero-order valence-corrected chi connectivity index (χ0v) is 23.5. The Kier molecular flexibility index (Phi) is 8.31. The Labute approximate surface area is 238 Å². The molecule has 202 valence electrons. The van der Waals surface area contributed by atoms with Crippen molar-refractivity contribution in [3.05, 3.63) is 124 Å². The number of thioether (sulfide) groups is 1. The average Bonchev–Trinajstić information content (AvgIpc) is 3.53. The van der Waals surface area contributed by atoms with Crippen LogP contribution in [0.1, 0.15) is 46.7 Å². The van der Waals surface area contributed by atoms with Crippen LogP contribution in [-0.4, -0.2) is 28.0 Å². The molecule has 1 aliphatic heterocycles. The molecule has 1 amide bonds. The van der Waals surface area contributed by atoms with Crippen LogP contribution in [0.5, 0.6) is 0 Å². The molecule has 2 heterocycles. The summed E-state index contributed by atoms with van der Waals surface area (Å²) in [5.74, 6) is 0.763. The summed E-state index contributed by atoms with van der Waals surface area (Å²) < 4.78 is 11.4. The summed E-state index contributed by atoms with van der Waals surface area (Å²) in [4.78, 5) is 32.9. The zero-order chi connectivity index (χ0) is 28.1. The third-order valence-corrected chi connectivity index (χ3v) is 7.33. The molecule has 0 radical (unpaired) electrons. The van der Waals surface area contributed by atoms with Crippen molar-refractivity contribution < 1.29 is 18.7 Å². The molecule has 3 aromatic carbocycles. The van der Waals surface area contributed by atoms with E-state index in [4.69, 9.17) is 14.1 Å². The number of amidine groups is 1. The predicted octanol–water partition coefficient (Wildman–Crippen LogP) is 7.49. The van der Waals surface area contributed by atoms with Crippen LogP contribution < -0.4 is 0 Å². The van der Waals surface area contributed by atoms with Gasteiger partial charge >= 0.3 is 5.97 Å². The molecule has 4 aromatic rings. The summed E-state index contributed by atoms with van der Waals surface area (Å²) >= 11 is 1.35. The summed E-state index contributed by atoms with van der Waals surface area (Å²) in [6.07, 6.45) is 1.58. The molecule has 0 bridgehead atoms. The van der Waals surface area contributed by atoms with Gasteiger partial charge in [0.15, 0.2) is 5.17 Å². The highest BCUT2D eigenvalue weighted by molar-refractivity contribution is 8.18. The third-order valence-electron chi connectivity index (χ3n) is 6.28. The smallest absolute Gasteiger partial charge is 0.338 e. The third kappa shape index (κ3) is 6.43. The number of benzene rings is 3. The molecule has 1 saturated heterocycles. The number of ether oxygens (including phenoxy) is 1. The van der Waals surface area contributed by atoms with E-state index in [1.165, 1.54) is 11.8 Å².